The molecule has 51 heavy (non-hydrogen) atoms. The molecule has 6 nitrogen and oxygen atoms in total. The predicted octanol–water partition coefficient (Wildman–Crippen LogP) is 2.74. The summed E-state index contributed by atoms with van der Waals surface area (Å²) in [4.78, 5) is 17.0. The van der Waals surface area contributed by atoms with Crippen LogP contribution in [0.2, 0.25) is 0 Å². The first kappa shape index (κ1) is 45.5. The molecule has 0 aromatic heterocycles. The Kier molecular flexibility index (Phi) is 19.5. The maximum atomic E-state index is 4.86. The van der Waals surface area contributed by atoms with Crippen molar-refractivity contribution in [2.24, 2.45) is 0 Å². The lowest BCUT2D eigenvalue weighted by Gasteiger charge is -2.21. The van der Waals surface area contributed by atoms with Gasteiger partial charge in [0.25, 0.3) is 0 Å². The Hall–Kier alpha value is -1.69. The van der Waals surface area contributed by atoms with E-state index in [1.807, 2.05) is 22.7 Å². The van der Waals surface area contributed by atoms with Gasteiger partial charge < -0.3 is 57.8 Å². The van der Waals surface area contributed by atoms with Gasteiger partial charge in [-0.15, -0.1) is 46.7 Å². The lowest BCUT2D eigenvalue weighted by atomic mass is 10.2. The molecular weight excluding hydrogens is 1010 g/mol. The number of hydrogen-bond donors (Lipinski definition) is 0. The van der Waals surface area contributed by atoms with Gasteiger partial charge in [0.05, 0.1) is 41.6 Å². The number of rotatable bonds is 10. The molecule has 0 radical (unpaired) electrons. The van der Waals surface area contributed by atoms with Gasteiger partial charge in [-0.2, -0.15) is 0 Å². The highest BCUT2D eigenvalue weighted by atomic mass is 127. The van der Waals surface area contributed by atoms with Crippen LogP contribution in [0.4, 0.5) is 11.4 Å². The molecule has 2 aliphatic heterocycles. The van der Waals surface area contributed by atoms with Gasteiger partial charge >= 0.3 is 0 Å². The molecule has 0 saturated carbocycles. The van der Waals surface area contributed by atoms with Gasteiger partial charge in [0.2, 0.25) is 10.7 Å². The second-order valence-corrected chi connectivity index (χ2v) is 13.9. The van der Waals surface area contributed by atoms with Crippen molar-refractivity contribution in [2.45, 2.75) is 55.4 Å². The van der Waals surface area contributed by atoms with Crippen molar-refractivity contribution >= 4 is 78.5 Å². The van der Waals surface area contributed by atoms with E-state index in [-0.39, 0.29) is 71.9 Å². The molecule has 0 spiro atoms. The number of fused-ring (bicyclic) bond motifs is 4. The molecule has 0 saturated heterocycles. The van der Waals surface area contributed by atoms with Gasteiger partial charge in [0.1, 0.15) is 26.2 Å². The van der Waals surface area contributed by atoms with E-state index in [4.69, 9.17) is 9.97 Å². The van der Waals surface area contributed by atoms with Crippen molar-refractivity contribution in [1.82, 2.24) is 19.1 Å². The highest BCUT2D eigenvalue weighted by molar-refractivity contribution is 14.0. The molecule has 0 bridgehead atoms. The molecular formula is C40H53I3N6S2. The summed E-state index contributed by atoms with van der Waals surface area (Å²) in [5, 5.41) is 2.56. The Morgan fingerprint density at radius 1 is 0.490 bits per heavy atom. The summed E-state index contributed by atoms with van der Waals surface area (Å²) in [6, 6.07) is 26.5. The maximum Gasteiger partial charge on any atom is 0.201 e. The standard InChI is InChI=1S/2C20H26N3S.3HI/c2*1-5-22(6-2)15-9-11-17-19(13-15)24-20-14-16(23(7-3)8-4)10-12-18(20)21-17;;;/h2*9-14H,5-8H2,1-4H3;3*1H/q2*+1;;;/p-2. The lowest BCUT2D eigenvalue weighted by Crippen LogP contribution is -3.00. The zero-order chi connectivity index (χ0) is 34.2. The SMILES string of the molecule is CCN(CC)c1ccc2nc3ccc(=[N+](CC)CC)cc-3sc2c1.CCN(CC)c1ccc2nc3ccc(=[N+](CC)CC)cc-3sc2c1.I.[I-].[I-]. The molecule has 2 aromatic carbocycles. The molecule has 2 heterocycles. The van der Waals surface area contributed by atoms with E-state index in [0.717, 1.165) is 74.8 Å². The minimum Gasteiger partial charge on any atom is -1.00 e. The molecule has 0 fully saturated rings. The number of halogens is 3. The lowest BCUT2D eigenvalue weighted by molar-refractivity contribution is -0.00100. The summed E-state index contributed by atoms with van der Waals surface area (Å²) < 4.78 is 7.26. The van der Waals surface area contributed by atoms with Crippen LogP contribution < -0.4 is 77.6 Å². The topological polar surface area (TPSA) is 38.3 Å². The quantitative estimate of drug-likeness (QED) is 0.120. The highest BCUT2D eigenvalue weighted by Gasteiger charge is 2.13. The Balaban J connectivity index is 0.000000334. The van der Waals surface area contributed by atoms with Gasteiger partial charge in [-0.05, 0) is 104 Å². The number of nitrogens with zero attached hydrogens (tertiary/aromatic N) is 6. The van der Waals surface area contributed by atoms with E-state index in [2.05, 4.69) is 147 Å². The Bertz CT molecular complexity index is 1910. The predicted molar refractivity (Wildman–Crippen MR) is 228 cm³/mol. The van der Waals surface area contributed by atoms with Crippen LogP contribution in [-0.2, 0) is 0 Å². The van der Waals surface area contributed by atoms with Crippen LogP contribution in [0.3, 0.4) is 0 Å². The van der Waals surface area contributed by atoms with Crippen molar-refractivity contribution in [2.75, 3.05) is 62.2 Å². The van der Waals surface area contributed by atoms with E-state index in [9.17, 15) is 0 Å². The van der Waals surface area contributed by atoms with Crippen molar-refractivity contribution in [1.29, 1.82) is 0 Å². The molecule has 4 aliphatic rings. The molecule has 11 heteroatoms. The minimum absolute atomic E-state index is 0. The first-order valence-electron chi connectivity index (χ1n) is 17.7. The summed E-state index contributed by atoms with van der Waals surface area (Å²) in [5.41, 5.74) is 6.89. The summed E-state index contributed by atoms with van der Waals surface area (Å²) >= 11 is 3.68. The molecule has 0 atom stereocenters. The fourth-order valence-electron chi connectivity index (χ4n) is 6.35. The largest absolute Gasteiger partial charge is 1.00 e. The van der Waals surface area contributed by atoms with Crippen molar-refractivity contribution in [3.05, 3.63) is 83.5 Å². The molecule has 2 aromatic rings. The van der Waals surface area contributed by atoms with Crippen molar-refractivity contribution in [3.8, 4) is 21.1 Å². The maximum absolute atomic E-state index is 4.86. The highest BCUT2D eigenvalue weighted by Crippen LogP contribution is 2.33. The van der Waals surface area contributed by atoms with Crippen LogP contribution in [0.15, 0.2) is 72.8 Å². The Labute approximate surface area is 364 Å². The summed E-state index contributed by atoms with van der Waals surface area (Å²) in [6.45, 7) is 25.8. The van der Waals surface area contributed by atoms with E-state index in [1.54, 1.807) is 0 Å². The third kappa shape index (κ3) is 10.7. The second kappa shape index (κ2) is 21.9. The van der Waals surface area contributed by atoms with E-state index in [0.29, 0.717) is 0 Å². The zero-order valence-electron chi connectivity index (χ0n) is 31.2. The fraction of sp³-hybridized carbons (Fsp3) is 0.400. The molecule has 0 amide bonds. The van der Waals surface area contributed by atoms with Crippen LogP contribution in [0.1, 0.15) is 55.4 Å². The second-order valence-electron chi connectivity index (χ2n) is 11.7. The minimum atomic E-state index is 0. The monoisotopic (exact) mass is 1060 g/mol. The van der Waals surface area contributed by atoms with Crippen LogP contribution in [0.5, 0.6) is 0 Å². The molecule has 6 rings (SSSR count). The molecule has 276 valence electrons. The molecule has 0 N–H and O–H groups in total. The average molecular weight is 1060 g/mol. The van der Waals surface area contributed by atoms with Gasteiger partial charge in [0.15, 0.2) is 0 Å². The number of benzene rings is 4. The van der Waals surface area contributed by atoms with E-state index < -0.39 is 0 Å². The van der Waals surface area contributed by atoms with Crippen LogP contribution >= 0.6 is 46.7 Å². The number of hydrogen-bond acceptors (Lipinski definition) is 6. The van der Waals surface area contributed by atoms with E-state index >= 15 is 0 Å². The first-order valence-corrected chi connectivity index (χ1v) is 19.4. The van der Waals surface area contributed by atoms with Crippen LogP contribution in [0, 0.1) is 0 Å². The van der Waals surface area contributed by atoms with Crippen molar-refractivity contribution < 1.29 is 48.0 Å². The number of anilines is 2. The van der Waals surface area contributed by atoms with Gasteiger partial charge in [0, 0.05) is 61.8 Å². The van der Waals surface area contributed by atoms with E-state index in [1.165, 1.54) is 41.2 Å². The Morgan fingerprint density at radius 2 is 0.843 bits per heavy atom. The van der Waals surface area contributed by atoms with Gasteiger partial charge in [-0.3, -0.25) is 0 Å². The third-order valence-electron chi connectivity index (χ3n) is 9.21. The van der Waals surface area contributed by atoms with Crippen LogP contribution in [0.25, 0.3) is 41.6 Å². The summed E-state index contributed by atoms with van der Waals surface area (Å²) in [6.07, 6.45) is 0. The first-order chi connectivity index (χ1) is 23.4. The smallest absolute Gasteiger partial charge is 0.201 e. The fourth-order valence-corrected chi connectivity index (χ4v) is 8.41. The summed E-state index contributed by atoms with van der Waals surface area (Å²) in [7, 11) is 0. The molecule has 0 unspecified atom stereocenters. The molecule has 2 aliphatic carbocycles. The zero-order valence-corrected chi connectivity index (χ0v) is 39.5. The number of aromatic nitrogens is 2. The van der Waals surface area contributed by atoms with Crippen LogP contribution in [-0.4, -0.2) is 62.3 Å². The van der Waals surface area contributed by atoms with Gasteiger partial charge in [-0.1, -0.05) is 0 Å². The Morgan fingerprint density at radius 3 is 1.16 bits per heavy atom. The third-order valence-corrected chi connectivity index (χ3v) is 11.4. The van der Waals surface area contributed by atoms with Crippen molar-refractivity contribution in [3.63, 3.8) is 0 Å². The van der Waals surface area contributed by atoms with Gasteiger partial charge in [-0.25, -0.2) is 19.1 Å². The summed E-state index contributed by atoms with van der Waals surface area (Å²) in [5.74, 6) is 0. The average Bonchev–Trinajstić information content (AvgIpc) is 3.12. The normalized spacial score (nSPS) is 10.5.